The number of rotatable bonds is 0. The summed E-state index contributed by atoms with van der Waals surface area (Å²) in [7, 11) is 0. The summed E-state index contributed by atoms with van der Waals surface area (Å²) in [5.74, 6) is 0. The molecule has 104 valence electrons. The van der Waals surface area contributed by atoms with E-state index in [1.165, 1.54) is 60.1 Å². The van der Waals surface area contributed by atoms with Crippen LogP contribution in [0.3, 0.4) is 0 Å². The fraction of sp³-hybridized carbons (Fsp3) is 0.238. The van der Waals surface area contributed by atoms with Gasteiger partial charge in [-0.1, -0.05) is 30.3 Å². The lowest BCUT2D eigenvalue weighted by atomic mass is 9.85. The highest BCUT2D eigenvalue weighted by molar-refractivity contribution is 6.26. The van der Waals surface area contributed by atoms with Gasteiger partial charge in [-0.2, -0.15) is 0 Å². The standard InChI is InChI=1S/C21H20/c1-11-6-7-16-13(3)9-18-12(2)8-14(4)19-15(5)10-17(11)20(16)21(18)19/h6-10H,1-5H3. The van der Waals surface area contributed by atoms with Gasteiger partial charge in [0, 0.05) is 0 Å². The third-order valence-electron chi connectivity index (χ3n) is 5.03. The lowest BCUT2D eigenvalue weighted by Crippen LogP contribution is -1.94. The maximum atomic E-state index is 2.38. The van der Waals surface area contributed by atoms with Crippen LogP contribution in [-0.4, -0.2) is 0 Å². The SMILES string of the molecule is Cc1cc2c(C)cc(C)c3c(C)cc4c(C)ccc1c4c23. The summed E-state index contributed by atoms with van der Waals surface area (Å²) in [6.45, 7) is 11.2. The molecule has 0 unspecified atom stereocenters. The van der Waals surface area contributed by atoms with Gasteiger partial charge in [-0.3, -0.25) is 0 Å². The quantitative estimate of drug-likeness (QED) is 0.338. The highest BCUT2D eigenvalue weighted by atomic mass is 14.2. The molecule has 0 saturated heterocycles. The van der Waals surface area contributed by atoms with Crippen molar-refractivity contribution in [3.05, 3.63) is 58.1 Å². The average molecular weight is 272 g/mol. The van der Waals surface area contributed by atoms with Gasteiger partial charge in [-0.15, -0.1) is 0 Å². The van der Waals surface area contributed by atoms with Crippen LogP contribution in [0.2, 0.25) is 0 Å². The Morgan fingerprint density at radius 1 is 0.429 bits per heavy atom. The monoisotopic (exact) mass is 272 g/mol. The predicted molar refractivity (Wildman–Crippen MR) is 93.8 cm³/mol. The summed E-state index contributed by atoms with van der Waals surface area (Å²) in [6, 6.07) is 11.6. The molecule has 0 saturated carbocycles. The van der Waals surface area contributed by atoms with E-state index in [0.29, 0.717) is 0 Å². The van der Waals surface area contributed by atoms with E-state index in [4.69, 9.17) is 0 Å². The number of hydrogen-bond donors (Lipinski definition) is 0. The molecule has 0 heterocycles. The molecule has 0 spiro atoms. The molecule has 0 aliphatic heterocycles. The highest BCUT2D eigenvalue weighted by Gasteiger charge is 2.15. The molecule has 0 aromatic heterocycles. The van der Waals surface area contributed by atoms with Crippen molar-refractivity contribution < 1.29 is 0 Å². The Morgan fingerprint density at radius 3 is 1.76 bits per heavy atom. The van der Waals surface area contributed by atoms with Gasteiger partial charge < -0.3 is 0 Å². The second-order valence-corrected chi connectivity index (χ2v) is 6.55. The molecular formula is C21H20. The van der Waals surface area contributed by atoms with Crippen LogP contribution in [0, 0.1) is 34.6 Å². The molecule has 0 aliphatic rings. The van der Waals surface area contributed by atoms with Gasteiger partial charge in [0.2, 0.25) is 0 Å². The number of hydrogen-bond acceptors (Lipinski definition) is 0. The van der Waals surface area contributed by atoms with Crippen LogP contribution in [0.4, 0.5) is 0 Å². The van der Waals surface area contributed by atoms with Crippen LogP contribution < -0.4 is 0 Å². The lowest BCUT2D eigenvalue weighted by Gasteiger charge is -2.19. The number of benzene rings is 4. The smallest absolute Gasteiger partial charge is 0.00185 e. The summed E-state index contributed by atoms with van der Waals surface area (Å²) in [6.07, 6.45) is 0. The van der Waals surface area contributed by atoms with Crippen molar-refractivity contribution in [1.82, 2.24) is 0 Å². The van der Waals surface area contributed by atoms with Crippen molar-refractivity contribution in [2.24, 2.45) is 0 Å². The van der Waals surface area contributed by atoms with Crippen molar-refractivity contribution in [3.63, 3.8) is 0 Å². The van der Waals surface area contributed by atoms with Crippen LogP contribution in [-0.2, 0) is 0 Å². The maximum Gasteiger partial charge on any atom is -0.00185 e. The molecule has 0 N–H and O–H groups in total. The molecule has 21 heavy (non-hydrogen) atoms. The van der Waals surface area contributed by atoms with Gasteiger partial charge in [0.1, 0.15) is 0 Å². The predicted octanol–water partition coefficient (Wildman–Crippen LogP) is 6.13. The topological polar surface area (TPSA) is 0 Å². The Morgan fingerprint density at radius 2 is 1.00 bits per heavy atom. The molecule has 0 radical (unpaired) electrons. The minimum atomic E-state index is 1.37. The Balaban J connectivity index is 2.51. The van der Waals surface area contributed by atoms with Crippen molar-refractivity contribution in [2.75, 3.05) is 0 Å². The molecule has 0 fully saturated rings. The van der Waals surface area contributed by atoms with Crippen LogP contribution in [0.5, 0.6) is 0 Å². The third-order valence-corrected chi connectivity index (χ3v) is 5.03. The summed E-state index contributed by atoms with van der Waals surface area (Å²) < 4.78 is 0. The molecule has 0 aliphatic carbocycles. The third kappa shape index (κ3) is 1.51. The average Bonchev–Trinajstić information content (AvgIpc) is 2.42. The molecular weight excluding hydrogens is 252 g/mol. The summed E-state index contributed by atoms with van der Waals surface area (Å²) in [4.78, 5) is 0. The molecule has 0 amide bonds. The second-order valence-electron chi connectivity index (χ2n) is 6.55. The summed E-state index contributed by atoms with van der Waals surface area (Å²) in [5, 5.41) is 8.59. The van der Waals surface area contributed by atoms with E-state index in [1.807, 2.05) is 0 Å². The van der Waals surface area contributed by atoms with Crippen LogP contribution in [0.1, 0.15) is 27.8 Å². The van der Waals surface area contributed by atoms with Crippen LogP contribution in [0.25, 0.3) is 32.3 Å². The Kier molecular flexibility index (Phi) is 2.39. The van der Waals surface area contributed by atoms with Gasteiger partial charge >= 0.3 is 0 Å². The van der Waals surface area contributed by atoms with Gasteiger partial charge in [-0.25, -0.2) is 0 Å². The normalized spacial score (nSPS) is 12.0. The maximum absolute atomic E-state index is 2.38. The number of aryl methyl sites for hydroxylation is 5. The fourth-order valence-corrected chi connectivity index (χ4v) is 4.05. The Labute approximate surface area is 125 Å². The molecule has 0 heteroatoms. The molecule has 0 bridgehead atoms. The largest absolute Gasteiger partial charge is 0.0581 e. The first-order chi connectivity index (χ1) is 9.99. The molecule has 4 aromatic carbocycles. The Bertz CT molecular complexity index is 1020. The highest BCUT2D eigenvalue weighted by Crippen LogP contribution is 2.41. The van der Waals surface area contributed by atoms with Gasteiger partial charge in [0.05, 0.1) is 0 Å². The molecule has 4 rings (SSSR count). The van der Waals surface area contributed by atoms with E-state index in [0.717, 1.165) is 0 Å². The van der Waals surface area contributed by atoms with Crippen LogP contribution >= 0.6 is 0 Å². The first-order valence-electron chi connectivity index (χ1n) is 7.64. The van der Waals surface area contributed by atoms with E-state index < -0.39 is 0 Å². The van der Waals surface area contributed by atoms with E-state index >= 15 is 0 Å². The zero-order chi connectivity index (χ0) is 14.9. The van der Waals surface area contributed by atoms with Crippen molar-refractivity contribution >= 4 is 32.3 Å². The van der Waals surface area contributed by atoms with Gasteiger partial charge in [0.25, 0.3) is 0 Å². The lowest BCUT2D eigenvalue weighted by molar-refractivity contribution is 1.42. The zero-order valence-corrected chi connectivity index (χ0v) is 13.4. The van der Waals surface area contributed by atoms with E-state index in [-0.39, 0.29) is 0 Å². The van der Waals surface area contributed by atoms with Crippen molar-refractivity contribution in [3.8, 4) is 0 Å². The summed E-state index contributed by atoms with van der Waals surface area (Å²) in [5.41, 5.74) is 6.93. The van der Waals surface area contributed by atoms with E-state index in [2.05, 4.69) is 65.0 Å². The van der Waals surface area contributed by atoms with Crippen molar-refractivity contribution in [1.29, 1.82) is 0 Å². The first kappa shape index (κ1) is 12.6. The molecule has 0 nitrogen and oxygen atoms in total. The van der Waals surface area contributed by atoms with E-state index in [1.54, 1.807) is 0 Å². The van der Waals surface area contributed by atoms with Crippen LogP contribution in [0.15, 0.2) is 30.3 Å². The first-order valence-corrected chi connectivity index (χ1v) is 7.64. The fourth-order valence-electron chi connectivity index (χ4n) is 4.05. The van der Waals surface area contributed by atoms with E-state index in [9.17, 15) is 0 Å². The molecule has 0 atom stereocenters. The minimum Gasteiger partial charge on any atom is -0.0581 e. The van der Waals surface area contributed by atoms with Gasteiger partial charge in [0.15, 0.2) is 0 Å². The van der Waals surface area contributed by atoms with Gasteiger partial charge in [-0.05, 0) is 94.8 Å². The van der Waals surface area contributed by atoms with Crippen molar-refractivity contribution in [2.45, 2.75) is 34.6 Å². The second kappa shape index (κ2) is 3.98. The molecule has 4 aromatic rings. The Hall–Kier alpha value is -2.08. The summed E-state index contributed by atoms with van der Waals surface area (Å²) >= 11 is 0. The zero-order valence-electron chi connectivity index (χ0n) is 13.4. The minimum absolute atomic E-state index is 1.37.